The summed E-state index contributed by atoms with van der Waals surface area (Å²) in [6.45, 7) is 0. The fourth-order valence-corrected chi connectivity index (χ4v) is 1.83. The van der Waals surface area contributed by atoms with Crippen molar-refractivity contribution in [2.45, 2.75) is 0 Å². The lowest BCUT2D eigenvalue weighted by atomic mass is 10.2. The molecule has 0 saturated carbocycles. The van der Waals surface area contributed by atoms with Gasteiger partial charge in [0.15, 0.2) is 0 Å². The first kappa shape index (κ1) is 11.9. The summed E-state index contributed by atoms with van der Waals surface area (Å²) in [4.78, 5) is 8.42. The minimum atomic E-state index is 0.199. The smallest absolute Gasteiger partial charge is 0.322 e. The van der Waals surface area contributed by atoms with Gasteiger partial charge in [-0.1, -0.05) is 18.2 Å². The van der Waals surface area contributed by atoms with Crippen molar-refractivity contribution in [1.29, 1.82) is 5.26 Å². The van der Waals surface area contributed by atoms with E-state index in [2.05, 4.69) is 9.97 Å². The Morgan fingerprint density at radius 1 is 1.15 bits per heavy atom. The molecule has 5 nitrogen and oxygen atoms in total. The summed E-state index contributed by atoms with van der Waals surface area (Å²) < 4.78 is 5.56. The van der Waals surface area contributed by atoms with Crippen molar-refractivity contribution in [2.24, 2.45) is 0 Å². The molecule has 0 atom stereocenters. The maximum absolute atomic E-state index is 9.07. The number of anilines is 1. The Morgan fingerprint density at radius 2 is 2.00 bits per heavy atom. The molecule has 3 aromatic rings. The van der Waals surface area contributed by atoms with E-state index in [1.165, 1.54) is 0 Å². The maximum Gasteiger partial charge on any atom is 0.322 e. The molecule has 0 bridgehead atoms. The van der Waals surface area contributed by atoms with Crippen LogP contribution in [0.5, 0.6) is 11.8 Å². The predicted octanol–water partition coefficient (Wildman–Crippen LogP) is 2.88. The van der Waals surface area contributed by atoms with Gasteiger partial charge in [0.2, 0.25) is 0 Å². The van der Waals surface area contributed by atoms with Crippen molar-refractivity contribution in [1.82, 2.24) is 9.97 Å². The summed E-state index contributed by atoms with van der Waals surface area (Å²) in [6.07, 6.45) is 1.68. The maximum atomic E-state index is 9.07. The summed E-state index contributed by atoms with van der Waals surface area (Å²) in [5.74, 6) is 0.386. The predicted molar refractivity (Wildman–Crippen MR) is 75.2 cm³/mol. The van der Waals surface area contributed by atoms with Crippen LogP contribution in [-0.4, -0.2) is 9.97 Å². The first-order valence-corrected chi connectivity index (χ1v) is 5.95. The summed E-state index contributed by atoms with van der Waals surface area (Å²) in [6, 6.07) is 14.7. The van der Waals surface area contributed by atoms with Crippen LogP contribution in [0.2, 0.25) is 0 Å². The van der Waals surface area contributed by atoms with Gasteiger partial charge in [-0.05, 0) is 24.3 Å². The number of rotatable bonds is 2. The summed E-state index contributed by atoms with van der Waals surface area (Å²) in [5.41, 5.74) is 7.27. The second-order valence-corrected chi connectivity index (χ2v) is 4.18. The number of nitrogens with zero attached hydrogens (tertiary/aromatic N) is 3. The summed E-state index contributed by atoms with van der Waals surface area (Å²) in [7, 11) is 0. The molecule has 0 unspecified atom stereocenters. The van der Waals surface area contributed by atoms with Gasteiger partial charge < -0.3 is 10.5 Å². The number of nitriles is 1. The molecule has 2 aromatic carbocycles. The lowest BCUT2D eigenvalue weighted by Crippen LogP contribution is -1.95. The van der Waals surface area contributed by atoms with Crippen LogP contribution in [0, 0.1) is 11.3 Å². The van der Waals surface area contributed by atoms with Crippen LogP contribution in [0.3, 0.4) is 0 Å². The molecular weight excluding hydrogens is 252 g/mol. The molecule has 3 rings (SSSR count). The second kappa shape index (κ2) is 4.86. The number of para-hydroxylation sites is 1. The van der Waals surface area contributed by atoms with E-state index in [0.29, 0.717) is 17.0 Å². The van der Waals surface area contributed by atoms with E-state index in [1.807, 2.05) is 30.3 Å². The Bertz CT molecular complexity index is 823. The van der Waals surface area contributed by atoms with E-state index in [1.54, 1.807) is 24.4 Å². The Labute approximate surface area is 115 Å². The summed E-state index contributed by atoms with van der Waals surface area (Å²) in [5, 5.41) is 9.99. The van der Waals surface area contributed by atoms with Crippen molar-refractivity contribution >= 4 is 16.6 Å². The number of aromatic nitrogens is 2. The molecular formula is C15H10N4O. The van der Waals surface area contributed by atoms with Gasteiger partial charge in [0.05, 0.1) is 11.1 Å². The fraction of sp³-hybridized carbons (Fsp3) is 0. The average Bonchev–Trinajstić information content (AvgIpc) is 2.49. The van der Waals surface area contributed by atoms with E-state index < -0.39 is 0 Å². The zero-order chi connectivity index (χ0) is 13.9. The molecule has 96 valence electrons. The van der Waals surface area contributed by atoms with Crippen LogP contribution >= 0.6 is 0 Å². The standard InChI is InChI=1S/C15H10N4O/c16-8-11-7-12(17)5-6-14(11)20-15-18-9-10-3-1-2-4-13(10)19-15/h1-7,9H,17H2. The van der Waals surface area contributed by atoms with Gasteiger partial charge in [-0.15, -0.1) is 0 Å². The molecule has 1 heterocycles. The largest absolute Gasteiger partial charge is 0.423 e. The molecule has 0 aliphatic rings. The van der Waals surface area contributed by atoms with Gasteiger partial charge in [0, 0.05) is 17.3 Å². The lowest BCUT2D eigenvalue weighted by Gasteiger charge is -2.06. The Morgan fingerprint density at radius 3 is 2.85 bits per heavy atom. The third-order valence-electron chi connectivity index (χ3n) is 2.79. The topological polar surface area (TPSA) is 84.8 Å². The van der Waals surface area contributed by atoms with Crippen LogP contribution in [-0.2, 0) is 0 Å². The van der Waals surface area contributed by atoms with Crippen LogP contribution in [0.25, 0.3) is 10.9 Å². The molecule has 0 aliphatic carbocycles. The van der Waals surface area contributed by atoms with Crippen molar-refractivity contribution in [3.8, 4) is 17.8 Å². The third kappa shape index (κ3) is 2.22. The molecule has 0 fully saturated rings. The van der Waals surface area contributed by atoms with Gasteiger partial charge in [-0.3, -0.25) is 0 Å². The second-order valence-electron chi connectivity index (χ2n) is 4.18. The monoisotopic (exact) mass is 262 g/mol. The SMILES string of the molecule is N#Cc1cc(N)ccc1Oc1ncc2ccccc2n1. The van der Waals surface area contributed by atoms with Crippen LogP contribution in [0.4, 0.5) is 5.69 Å². The highest BCUT2D eigenvalue weighted by Gasteiger charge is 2.07. The number of nitrogens with two attached hydrogens (primary N) is 1. The van der Waals surface area contributed by atoms with E-state index in [4.69, 9.17) is 15.7 Å². The van der Waals surface area contributed by atoms with Crippen molar-refractivity contribution in [3.05, 3.63) is 54.2 Å². The van der Waals surface area contributed by atoms with Crippen molar-refractivity contribution < 1.29 is 4.74 Å². The molecule has 0 aliphatic heterocycles. The molecule has 0 radical (unpaired) electrons. The molecule has 5 heteroatoms. The summed E-state index contributed by atoms with van der Waals surface area (Å²) >= 11 is 0. The van der Waals surface area contributed by atoms with Crippen molar-refractivity contribution in [3.63, 3.8) is 0 Å². The number of hydrogen-bond donors (Lipinski definition) is 1. The number of benzene rings is 2. The van der Waals surface area contributed by atoms with Crippen LogP contribution in [0.15, 0.2) is 48.7 Å². The Hall–Kier alpha value is -3.13. The van der Waals surface area contributed by atoms with Crippen molar-refractivity contribution in [2.75, 3.05) is 5.73 Å². The quantitative estimate of drug-likeness (QED) is 0.718. The highest BCUT2D eigenvalue weighted by atomic mass is 16.5. The highest BCUT2D eigenvalue weighted by Crippen LogP contribution is 2.25. The zero-order valence-electron chi connectivity index (χ0n) is 10.4. The van der Waals surface area contributed by atoms with E-state index >= 15 is 0 Å². The van der Waals surface area contributed by atoms with Gasteiger partial charge >= 0.3 is 6.01 Å². The normalized spacial score (nSPS) is 10.2. The molecule has 20 heavy (non-hydrogen) atoms. The zero-order valence-corrected chi connectivity index (χ0v) is 10.4. The van der Waals surface area contributed by atoms with E-state index in [0.717, 1.165) is 10.9 Å². The first-order valence-electron chi connectivity index (χ1n) is 5.95. The molecule has 0 spiro atoms. The molecule has 1 aromatic heterocycles. The molecule has 0 amide bonds. The van der Waals surface area contributed by atoms with E-state index in [9.17, 15) is 0 Å². The minimum absolute atomic E-state index is 0.199. The number of hydrogen-bond acceptors (Lipinski definition) is 5. The van der Waals surface area contributed by atoms with Gasteiger partial charge in [-0.25, -0.2) is 4.98 Å². The number of nitrogen functional groups attached to an aromatic ring is 1. The Kier molecular flexibility index (Phi) is 2.90. The average molecular weight is 262 g/mol. The first-order chi connectivity index (χ1) is 9.76. The van der Waals surface area contributed by atoms with Crippen LogP contribution < -0.4 is 10.5 Å². The van der Waals surface area contributed by atoms with Crippen LogP contribution in [0.1, 0.15) is 5.56 Å². The number of ether oxygens (including phenoxy) is 1. The minimum Gasteiger partial charge on any atom is -0.423 e. The molecule has 0 saturated heterocycles. The fourth-order valence-electron chi connectivity index (χ4n) is 1.83. The lowest BCUT2D eigenvalue weighted by molar-refractivity contribution is 0.443. The Balaban J connectivity index is 1.99. The van der Waals surface area contributed by atoms with Gasteiger partial charge in [-0.2, -0.15) is 10.2 Å². The third-order valence-corrected chi connectivity index (χ3v) is 2.79. The number of fused-ring (bicyclic) bond motifs is 1. The highest BCUT2D eigenvalue weighted by molar-refractivity contribution is 5.77. The van der Waals surface area contributed by atoms with E-state index in [-0.39, 0.29) is 6.01 Å². The molecule has 2 N–H and O–H groups in total. The van der Waals surface area contributed by atoms with Gasteiger partial charge in [0.1, 0.15) is 11.8 Å². The van der Waals surface area contributed by atoms with Gasteiger partial charge in [0.25, 0.3) is 0 Å².